The summed E-state index contributed by atoms with van der Waals surface area (Å²) in [5.74, 6) is 0.758. The largest absolute Gasteiger partial charge is 0.494 e. The first-order valence-electron chi connectivity index (χ1n) is 6.32. The number of nitriles is 1. The highest BCUT2D eigenvalue weighted by molar-refractivity contribution is 5.65. The first kappa shape index (κ1) is 14.3. The van der Waals surface area contributed by atoms with Crippen molar-refractivity contribution in [3.8, 4) is 11.8 Å². The fraction of sp³-hybridized carbons (Fsp3) is 0.133. The molecule has 1 N–H and O–H groups in total. The number of nitro benzene ring substituents is 1. The van der Waals surface area contributed by atoms with E-state index >= 15 is 0 Å². The monoisotopic (exact) mass is 283 g/mol. The highest BCUT2D eigenvalue weighted by atomic mass is 16.6. The van der Waals surface area contributed by atoms with E-state index in [2.05, 4.69) is 5.32 Å². The number of nitrogens with one attached hydrogen (secondary N) is 1. The topological polar surface area (TPSA) is 88.2 Å². The number of ether oxygens (including phenoxy) is 1. The summed E-state index contributed by atoms with van der Waals surface area (Å²) < 4.78 is 5.34. The number of rotatable bonds is 5. The lowest BCUT2D eigenvalue weighted by atomic mass is 10.1. The third-order valence-electron chi connectivity index (χ3n) is 2.77. The Morgan fingerprint density at radius 1 is 1.24 bits per heavy atom. The van der Waals surface area contributed by atoms with Crippen molar-refractivity contribution in [2.45, 2.75) is 6.92 Å². The van der Waals surface area contributed by atoms with Gasteiger partial charge in [0.25, 0.3) is 5.69 Å². The zero-order chi connectivity index (χ0) is 15.2. The fourth-order valence-electron chi connectivity index (χ4n) is 1.82. The van der Waals surface area contributed by atoms with E-state index in [0.29, 0.717) is 12.3 Å². The lowest BCUT2D eigenvalue weighted by Crippen LogP contribution is -1.96. The number of nitro groups is 1. The molecular weight excluding hydrogens is 270 g/mol. The second-order valence-electron chi connectivity index (χ2n) is 4.18. The number of anilines is 2. The Bertz CT molecular complexity index is 690. The van der Waals surface area contributed by atoms with Crippen LogP contribution in [-0.2, 0) is 0 Å². The van der Waals surface area contributed by atoms with Crippen molar-refractivity contribution in [1.29, 1.82) is 5.26 Å². The van der Waals surface area contributed by atoms with Crippen molar-refractivity contribution < 1.29 is 9.66 Å². The standard InChI is InChI=1S/C15H13N3O3/c1-2-21-14-7-5-12(6-8-14)17-13-4-3-11(10-16)15(9-13)18(19)20/h3-9,17H,2H2,1H3. The van der Waals surface area contributed by atoms with E-state index in [-0.39, 0.29) is 11.3 Å². The zero-order valence-electron chi connectivity index (χ0n) is 11.4. The van der Waals surface area contributed by atoms with Crippen LogP contribution in [0.3, 0.4) is 0 Å². The normalized spacial score (nSPS) is 9.71. The summed E-state index contributed by atoms with van der Waals surface area (Å²) >= 11 is 0. The van der Waals surface area contributed by atoms with Gasteiger partial charge in [-0.15, -0.1) is 0 Å². The third kappa shape index (κ3) is 3.48. The molecule has 0 aliphatic carbocycles. The summed E-state index contributed by atoms with van der Waals surface area (Å²) in [4.78, 5) is 10.3. The van der Waals surface area contributed by atoms with Gasteiger partial charge in [-0.25, -0.2) is 0 Å². The molecule has 0 radical (unpaired) electrons. The zero-order valence-corrected chi connectivity index (χ0v) is 11.4. The average Bonchev–Trinajstić information content (AvgIpc) is 2.49. The van der Waals surface area contributed by atoms with Gasteiger partial charge in [-0.2, -0.15) is 5.26 Å². The molecule has 0 aliphatic rings. The average molecular weight is 283 g/mol. The van der Waals surface area contributed by atoms with Gasteiger partial charge < -0.3 is 10.1 Å². The van der Waals surface area contributed by atoms with Crippen LogP contribution in [0.15, 0.2) is 42.5 Å². The Morgan fingerprint density at radius 2 is 1.90 bits per heavy atom. The third-order valence-corrected chi connectivity index (χ3v) is 2.77. The molecule has 106 valence electrons. The van der Waals surface area contributed by atoms with Crippen molar-refractivity contribution in [1.82, 2.24) is 0 Å². The molecule has 0 bridgehead atoms. The Labute approximate surface area is 121 Å². The van der Waals surface area contributed by atoms with Gasteiger partial charge in [0.15, 0.2) is 0 Å². The lowest BCUT2D eigenvalue weighted by Gasteiger charge is -2.08. The van der Waals surface area contributed by atoms with E-state index < -0.39 is 4.92 Å². The number of nitrogens with zero attached hydrogens (tertiary/aromatic N) is 2. The van der Waals surface area contributed by atoms with E-state index in [4.69, 9.17) is 10.00 Å². The molecule has 0 fully saturated rings. The van der Waals surface area contributed by atoms with Gasteiger partial charge in [0.05, 0.1) is 11.5 Å². The van der Waals surface area contributed by atoms with E-state index in [1.807, 2.05) is 31.2 Å². The van der Waals surface area contributed by atoms with Gasteiger partial charge in [-0.1, -0.05) is 0 Å². The van der Waals surface area contributed by atoms with Gasteiger partial charge >= 0.3 is 0 Å². The maximum absolute atomic E-state index is 10.9. The molecule has 6 heteroatoms. The van der Waals surface area contributed by atoms with Crippen LogP contribution < -0.4 is 10.1 Å². The molecule has 0 aromatic heterocycles. The van der Waals surface area contributed by atoms with E-state index in [9.17, 15) is 10.1 Å². The van der Waals surface area contributed by atoms with Crippen LogP contribution >= 0.6 is 0 Å². The van der Waals surface area contributed by atoms with Crippen LogP contribution in [0.5, 0.6) is 5.75 Å². The predicted octanol–water partition coefficient (Wildman–Crippen LogP) is 3.61. The smallest absolute Gasteiger partial charge is 0.289 e. The van der Waals surface area contributed by atoms with Gasteiger partial charge in [0.1, 0.15) is 17.4 Å². The molecule has 0 saturated carbocycles. The predicted molar refractivity (Wildman–Crippen MR) is 78.7 cm³/mol. The molecule has 2 rings (SSSR count). The fourth-order valence-corrected chi connectivity index (χ4v) is 1.82. The van der Waals surface area contributed by atoms with Crippen LogP contribution in [0.4, 0.5) is 17.1 Å². The van der Waals surface area contributed by atoms with E-state index in [1.165, 1.54) is 12.1 Å². The van der Waals surface area contributed by atoms with Crippen molar-refractivity contribution in [2.75, 3.05) is 11.9 Å². The van der Waals surface area contributed by atoms with E-state index in [0.717, 1.165) is 11.4 Å². The number of hydrogen-bond donors (Lipinski definition) is 1. The Balaban J connectivity index is 2.21. The minimum absolute atomic E-state index is 0.0391. The summed E-state index contributed by atoms with van der Waals surface area (Å²) in [7, 11) is 0. The van der Waals surface area contributed by atoms with Crippen molar-refractivity contribution >= 4 is 17.1 Å². The van der Waals surface area contributed by atoms with Gasteiger partial charge in [-0.3, -0.25) is 10.1 Å². The maximum Gasteiger partial charge on any atom is 0.289 e. The van der Waals surface area contributed by atoms with Crippen LogP contribution in [0.2, 0.25) is 0 Å². The summed E-state index contributed by atoms with van der Waals surface area (Å²) in [5, 5.41) is 22.8. The summed E-state index contributed by atoms with van der Waals surface area (Å²) in [6, 6.07) is 13.4. The van der Waals surface area contributed by atoms with Gasteiger partial charge in [0.2, 0.25) is 0 Å². The number of hydrogen-bond acceptors (Lipinski definition) is 5. The highest BCUT2D eigenvalue weighted by Gasteiger charge is 2.14. The lowest BCUT2D eigenvalue weighted by molar-refractivity contribution is -0.385. The molecule has 21 heavy (non-hydrogen) atoms. The number of benzene rings is 2. The van der Waals surface area contributed by atoms with E-state index in [1.54, 1.807) is 12.1 Å². The first-order valence-corrected chi connectivity index (χ1v) is 6.32. The molecule has 2 aromatic carbocycles. The van der Waals surface area contributed by atoms with Crippen LogP contribution in [0.25, 0.3) is 0 Å². The Hall–Kier alpha value is -3.07. The van der Waals surface area contributed by atoms with Crippen LogP contribution in [0.1, 0.15) is 12.5 Å². The molecule has 0 aliphatic heterocycles. The first-order chi connectivity index (χ1) is 10.1. The minimum atomic E-state index is -0.568. The summed E-state index contributed by atoms with van der Waals surface area (Å²) in [6.45, 7) is 2.50. The summed E-state index contributed by atoms with van der Waals surface area (Å²) in [6.07, 6.45) is 0. The molecule has 0 saturated heterocycles. The Kier molecular flexibility index (Phi) is 4.36. The van der Waals surface area contributed by atoms with Crippen LogP contribution in [0, 0.1) is 21.4 Å². The molecule has 6 nitrogen and oxygen atoms in total. The van der Waals surface area contributed by atoms with Crippen molar-refractivity contribution in [3.05, 3.63) is 58.1 Å². The second-order valence-corrected chi connectivity index (χ2v) is 4.18. The summed E-state index contributed by atoms with van der Waals surface area (Å²) in [5.41, 5.74) is 1.15. The molecule has 0 spiro atoms. The van der Waals surface area contributed by atoms with Gasteiger partial charge in [0, 0.05) is 17.4 Å². The molecule has 0 heterocycles. The molecule has 0 unspecified atom stereocenters. The quantitative estimate of drug-likeness (QED) is 0.669. The Morgan fingerprint density at radius 3 is 2.48 bits per heavy atom. The highest BCUT2D eigenvalue weighted by Crippen LogP contribution is 2.26. The molecule has 2 aromatic rings. The molecule has 0 atom stereocenters. The maximum atomic E-state index is 10.9. The minimum Gasteiger partial charge on any atom is -0.494 e. The van der Waals surface area contributed by atoms with Gasteiger partial charge in [-0.05, 0) is 43.3 Å². The SMILES string of the molecule is CCOc1ccc(Nc2ccc(C#N)c([N+](=O)[O-])c2)cc1. The molecule has 0 amide bonds. The second kappa shape index (κ2) is 6.39. The molecular formula is C15H13N3O3. The van der Waals surface area contributed by atoms with Crippen LogP contribution in [-0.4, -0.2) is 11.5 Å². The van der Waals surface area contributed by atoms with Crippen molar-refractivity contribution in [2.24, 2.45) is 0 Å². The van der Waals surface area contributed by atoms with Crippen molar-refractivity contribution in [3.63, 3.8) is 0 Å².